The summed E-state index contributed by atoms with van der Waals surface area (Å²) in [4.78, 5) is 11.0. The summed E-state index contributed by atoms with van der Waals surface area (Å²) in [5.74, 6) is 1.49. The number of rotatable bonds is 3. The minimum absolute atomic E-state index is 0.319. The monoisotopic (exact) mass is 224 g/mol. The van der Waals surface area contributed by atoms with Crippen LogP contribution in [0.5, 0.6) is 0 Å². The molecule has 0 aliphatic rings. The summed E-state index contributed by atoms with van der Waals surface area (Å²) < 4.78 is 10.1. The molecule has 0 spiro atoms. The molecule has 0 saturated carbocycles. The quantitative estimate of drug-likeness (QED) is 0.633. The molecule has 0 saturated heterocycles. The van der Waals surface area contributed by atoms with Crippen molar-refractivity contribution >= 4 is 11.8 Å². The molecule has 5 heteroatoms. The van der Waals surface area contributed by atoms with Gasteiger partial charge in [-0.2, -0.15) is 5.10 Å². The zero-order valence-corrected chi connectivity index (χ0v) is 9.96. The molecular formula is C11H16N2O3. The standard InChI is InChI=1S/C11H16N2O3/c1-5-15-11(14)13-12-9(4)10-7(2)6-8(3)16-10/h6H,5H2,1-4H3,(H,13,14). The van der Waals surface area contributed by atoms with Gasteiger partial charge >= 0.3 is 6.09 Å². The van der Waals surface area contributed by atoms with Crippen molar-refractivity contribution in [3.8, 4) is 0 Å². The van der Waals surface area contributed by atoms with Crippen molar-refractivity contribution in [2.24, 2.45) is 5.10 Å². The predicted molar refractivity (Wildman–Crippen MR) is 60.6 cm³/mol. The maximum absolute atomic E-state index is 11.0. The molecule has 88 valence electrons. The Balaban J connectivity index is 2.70. The molecule has 0 aliphatic carbocycles. The average Bonchev–Trinajstić information content (AvgIpc) is 2.55. The van der Waals surface area contributed by atoms with E-state index in [0.717, 1.165) is 11.3 Å². The highest BCUT2D eigenvalue weighted by atomic mass is 16.5. The van der Waals surface area contributed by atoms with Crippen LogP contribution < -0.4 is 5.43 Å². The third kappa shape index (κ3) is 3.12. The fraction of sp³-hybridized carbons (Fsp3) is 0.455. The van der Waals surface area contributed by atoms with Crippen molar-refractivity contribution in [3.05, 3.63) is 23.2 Å². The fourth-order valence-electron chi connectivity index (χ4n) is 1.34. The van der Waals surface area contributed by atoms with E-state index in [1.165, 1.54) is 0 Å². The van der Waals surface area contributed by atoms with Crippen LogP contribution in [0.25, 0.3) is 0 Å². The Hall–Kier alpha value is -1.78. The number of aryl methyl sites for hydroxylation is 2. The van der Waals surface area contributed by atoms with E-state index >= 15 is 0 Å². The van der Waals surface area contributed by atoms with Gasteiger partial charge in [-0.1, -0.05) is 0 Å². The highest BCUT2D eigenvalue weighted by Gasteiger charge is 2.08. The first-order valence-electron chi connectivity index (χ1n) is 5.09. The first-order chi connectivity index (χ1) is 7.54. The van der Waals surface area contributed by atoms with Crippen molar-refractivity contribution in [1.82, 2.24) is 5.43 Å². The topological polar surface area (TPSA) is 63.8 Å². The van der Waals surface area contributed by atoms with Gasteiger partial charge in [0.15, 0.2) is 5.76 Å². The smallest absolute Gasteiger partial charge is 0.427 e. The Morgan fingerprint density at radius 1 is 1.56 bits per heavy atom. The maximum atomic E-state index is 11.0. The van der Waals surface area contributed by atoms with E-state index < -0.39 is 6.09 Å². The van der Waals surface area contributed by atoms with Crippen molar-refractivity contribution < 1.29 is 13.9 Å². The van der Waals surface area contributed by atoms with Crippen molar-refractivity contribution in [2.75, 3.05) is 6.61 Å². The van der Waals surface area contributed by atoms with E-state index in [1.807, 2.05) is 19.9 Å². The minimum Gasteiger partial charge on any atom is -0.460 e. The fourth-order valence-corrected chi connectivity index (χ4v) is 1.34. The second kappa shape index (κ2) is 5.34. The Morgan fingerprint density at radius 2 is 2.25 bits per heavy atom. The van der Waals surface area contributed by atoms with Gasteiger partial charge in [0.2, 0.25) is 0 Å². The van der Waals surface area contributed by atoms with E-state index in [4.69, 9.17) is 4.42 Å². The number of ether oxygens (including phenoxy) is 1. The Bertz CT molecular complexity index is 407. The van der Waals surface area contributed by atoms with Gasteiger partial charge in [0, 0.05) is 0 Å². The lowest BCUT2D eigenvalue weighted by Gasteiger charge is -2.01. The molecule has 1 amide bonds. The van der Waals surface area contributed by atoms with Gasteiger partial charge in [0.05, 0.1) is 6.61 Å². The largest absolute Gasteiger partial charge is 0.460 e. The second-order valence-corrected chi connectivity index (χ2v) is 3.40. The number of carbonyl (C=O) groups is 1. The molecule has 0 fully saturated rings. The lowest BCUT2D eigenvalue weighted by molar-refractivity contribution is 0.152. The first-order valence-corrected chi connectivity index (χ1v) is 5.09. The van der Waals surface area contributed by atoms with E-state index in [-0.39, 0.29) is 0 Å². The molecule has 1 aromatic rings. The number of nitrogens with zero attached hydrogens (tertiary/aromatic N) is 1. The molecule has 1 aromatic heterocycles. The van der Waals surface area contributed by atoms with Crippen LogP contribution in [-0.2, 0) is 4.74 Å². The van der Waals surface area contributed by atoms with Gasteiger partial charge in [-0.05, 0) is 39.3 Å². The van der Waals surface area contributed by atoms with Gasteiger partial charge in [-0.25, -0.2) is 10.2 Å². The third-order valence-electron chi connectivity index (χ3n) is 1.96. The van der Waals surface area contributed by atoms with Crippen LogP contribution in [0.15, 0.2) is 15.6 Å². The lowest BCUT2D eigenvalue weighted by atomic mass is 10.2. The van der Waals surface area contributed by atoms with Crippen molar-refractivity contribution in [2.45, 2.75) is 27.7 Å². The Labute approximate surface area is 94.5 Å². The molecule has 0 radical (unpaired) electrons. The molecule has 1 N–H and O–H groups in total. The summed E-state index contributed by atoms with van der Waals surface area (Å²) in [7, 11) is 0. The number of hydrogen-bond acceptors (Lipinski definition) is 4. The number of carbonyl (C=O) groups excluding carboxylic acids is 1. The van der Waals surface area contributed by atoms with Crippen LogP contribution in [0.4, 0.5) is 4.79 Å². The first kappa shape index (κ1) is 12.3. The summed E-state index contributed by atoms with van der Waals surface area (Å²) in [6.07, 6.45) is -0.567. The number of nitrogens with one attached hydrogen (secondary N) is 1. The normalized spacial score (nSPS) is 11.4. The van der Waals surface area contributed by atoms with Gasteiger partial charge < -0.3 is 9.15 Å². The molecule has 16 heavy (non-hydrogen) atoms. The molecule has 1 rings (SSSR count). The van der Waals surface area contributed by atoms with Crippen LogP contribution in [-0.4, -0.2) is 18.4 Å². The van der Waals surface area contributed by atoms with Crippen molar-refractivity contribution in [1.29, 1.82) is 0 Å². The van der Waals surface area contributed by atoms with Gasteiger partial charge in [0.1, 0.15) is 11.5 Å². The Morgan fingerprint density at radius 3 is 2.75 bits per heavy atom. The molecule has 5 nitrogen and oxygen atoms in total. The lowest BCUT2D eigenvalue weighted by Crippen LogP contribution is -2.20. The summed E-state index contributed by atoms with van der Waals surface area (Å²) in [5, 5.41) is 3.89. The molecule has 1 heterocycles. The molecular weight excluding hydrogens is 208 g/mol. The molecule has 0 aliphatic heterocycles. The van der Waals surface area contributed by atoms with Crippen LogP contribution >= 0.6 is 0 Å². The number of hydrazone groups is 1. The molecule has 0 bridgehead atoms. The van der Waals surface area contributed by atoms with Gasteiger partial charge in [-0.15, -0.1) is 0 Å². The predicted octanol–water partition coefficient (Wildman–Crippen LogP) is 2.37. The van der Waals surface area contributed by atoms with Crippen LogP contribution in [0, 0.1) is 13.8 Å². The highest BCUT2D eigenvalue weighted by Crippen LogP contribution is 2.14. The summed E-state index contributed by atoms with van der Waals surface area (Å²) in [6.45, 7) is 7.60. The van der Waals surface area contributed by atoms with E-state index in [9.17, 15) is 4.79 Å². The summed E-state index contributed by atoms with van der Waals surface area (Å²) in [6, 6.07) is 1.92. The average molecular weight is 224 g/mol. The van der Waals surface area contributed by atoms with Crippen molar-refractivity contribution in [3.63, 3.8) is 0 Å². The van der Waals surface area contributed by atoms with Gasteiger partial charge in [-0.3, -0.25) is 0 Å². The third-order valence-corrected chi connectivity index (χ3v) is 1.96. The molecule has 0 unspecified atom stereocenters. The SMILES string of the molecule is CCOC(=O)NN=C(C)c1oc(C)cc1C. The summed E-state index contributed by atoms with van der Waals surface area (Å²) in [5.41, 5.74) is 3.89. The van der Waals surface area contributed by atoms with Crippen LogP contribution in [0.3, 0.4) is 0 Å². The summed E-state index contributed by atoms with van der Waals surface area (Å²) >= 11 is 0. The zero-order valence-electron chi connectivity index (χ0n) is 9.96. The second-order valence-electron chi connectivity index (χ2n) is 3.40. The Kier molecular flexibility index (Phi) is 4.10. The zero-order chi connectivity index (χ0) is 12.1. The highest BCUT2D eigenvalue weighted by molar-refractivity contribution is 5.97. The number of amides is 1. The van der Waals surface area contributed by atoms with E-state index in [0.29, 0.717) is 18.1 Å². The molecule has 0 aromatic carbocycles. The van der Waals surface area contributed by atoms with E-state index in [2.05, 4.69) is 15.3 Å². The molecule has 0 atom stereocenters. The maximum Gasteiger partial charge on any atom is 0.427 e. The van der Waals surface area contributed by atoms with Crippen LogP contribution in [0.1, 0.15) is 30.9 Å². The minimum atomic E-state index is -0.567. The van der Waals surface area contributed by atoms with Crippen LogP contribution in [0.2, 0.25) is 0 Å². The van der Waals surface area contributed by atoms with Gasteiger partial charge in [0.25, 0.3) is 0 Å². The number of furan rings is 1. The number of hydrogen-bond donors (Lipinski definition) is 1. The van der Waals surface area contributed by atoms with E-state index in [1.54, 1.807) is 13.8 Å².